The molecule has 2 aromatic heterocycles. The second-order valence-corrected chi connectivity index (χ2v) is 11.4. The molecule has 3 aliphatic heterocycles. The lowest BCUT2D eigenvalue weighted by molar-refractivity contribution is -0.149. The van der Waals surface area contributed by atoms with E-state index >= 15 is 0 Å². The number of nitrogens with one attached hydrogen (secondary N) is 1. The Morgan fingerprint density at radius 2 is 1.86 bits per heavy atom. The highest BCUT2D eigenvalue weighted by molar-refractivity contribution is 7.18. The number of nitrogens with zero attached hydrogens (tertiary/aromatic N) is 3. The zero-order chi connectivity index (χ0) is 24.9. The molecule has 190 valence electrons. The Morgan fingerprint density at radius 3 is 2.43 bits per heavy atom. The third-order valence-electron chi connectivity index (χ3n) is 7.65. The van der Waals surface area contributed by atoms with E-state index in [2.05, 4.69) is 10.3 Å². The van der Waals surface area contributed by atoms with E-state index in [9.17, 15) is 35.5 Å². The quantitative estimate of drug-likeness (QED) is 0.616. The first-order valence-electron chi connectivity index (χ1n) is 11.3. The van der Waals surface area contributed by atoms with E-state index in [1.54, 1.807) is 4.90 Å². The molecule has 5 heterocycles. The number of thiophene rings is 1. The molecule has 1 amide bonds. The van der Waals surface area contributed by atoms with Gasteiger partial charge in [0.05, 0.1) is 23.7 Å². The van der Waals surface area contributed by atoms with Gasteiger partial charge in [-0.1, -0.05) is 0 Å². The van der Waals surface area contributed by atoms with Crippen molar-refractivity contribution < 1.29 is 35.5 Å². The number of rotatable bonds is 3. The molecule has 35 heavy (non-hydrogen) atoms. The van der Waals surface area contributed by atoms with Crippen LogP contribution in [0.15, 0.2) is 12.3 Å². The molecule has 1 saturated carbocycles. The second kappa shape index (κ2) is 7.44. The summed E-state index contributed by atoms with van der Waals surface area (Å²) in [5.41, 5.74) is -1.47. The first-order chi connectivity index (χ1) is 16.3. The van der Waals surface area contributed by atoms with Crippen molar-refractivity contribution in [2.24, 2.45) is 11.3 Å². The van der Waals surface area contributed by atoms with E-state index in [4.69, 9.17) is 0 Å². The van der Waals surface area contributed by atoms with Gasteiger partial charge in [-0.15, -0.1) is 11.3 Å². The van der Waals surface area contributed by atoms with Crippen LogP contribution in [0.2, 0.25) is 0 Å². The van der Waals surface area contributed by atoms with Gasteiger partial charge in [-0.2, -0.15) is 26.3 Å². The normalized spacial score (nSPS) is 29.7. The Labute approximate surface area is 199 Å². The Balaban J connectivity index is 1.19. The van der Waals surface area contributed by atoms with Crippen molar-refractivity contribution in [2.75, 3.05) is 31.1 Å². The fraction of sp³-hybridized carbons (Fsp3) is 0.636. The summed E-state index contributed by atoms with van der Waals surface area (Å²) in [7, 11) is 0. The fourth-order valence-corrected chi connectivity index (χ4v) is 7.24. The van der Waals surface area contributed by atoms with E-state index in [1.807, 2.05) is 0 Å². The molecular formula is C22H21F7N4OS. The third kappa shape index (κ3) is 3.85. The van der Waals surface area contributed by atoms with Crippen molar-refractivity contribution in [2.45, 2.75) is 49.9 Å². The number of hydrogen-bond donors (Lipinski definition) is 1. The van der Waals surface area contributed by atoms with Crippen LogP contribution in [0.5, 0.6) is 0 Å². The van der Waals surface area contributed by atoms with E-state index in [0.29, 0.717) is 32.1 Å². The molecule has 2 aromatic rings. The van der Waals surface area contributed by atoms with Gasteiger partial charge in [-0.25, -0.2) is 9.37 Å². The minimum absolute atomic E-state index is 0.0270. The number of likely N-dealkylation sites (tertiary alicyclic amines) is 1. The molecule has 0 aromatic carbocycles. The van der Waals surface area contributed by atoms with Gasteiger partial charge in [-0.3, -0.25) is 10.1 Å². The molecule has 4 fully saturated rings. The molecular weight excluding hydrogens is 501 g/mol. The van der Waals surface area contributed by atoms with Crippen LogP contribution in [0.25, 0.3) is 10.2 Å². The van der Waals surface area contributed by atoms with Gasteiger partial charge in [0.15, 0.2) is 0 Å². The average molecular weight is 522 g/mol. The molecule has 4 atom stereocenters. The van der Waals surface area contributed by atoms with E-state index in [-0.39, 0.29) is 57.2 Å². The lowest BCUT2D eigenvalue weighted by Crippen LogP contribution is -2.74. The summed E-state index contributed by atoms with van der Waals surface area (Å²) in [6.07, 6.45) is -9.65. The van der Waals surface area contributed by atoms with Gasteiger partial charge in [0.1, 0.15) is 11.0 Å². The van der Waals surface area contributed by atoms with Gasteiger partial charge >= 0.3 is 12.4 Å². The van der Waals surface area contributed by atoms with Crippen LogP contribution in [-0.2, 0) is 17.4 Å². The largest absolute Gasteiger partial charge is 0.419 e. The standard InChI is InChI=1S/C22H21F7N4OS/c23-14-1-10-2-15(14)31-16(10)19(34)33-8-20(9-33)6-32(7-20)17-12-3-11(4-21(24,25)26)35-18(12)30-5-13(17)22(27,28)29/h3,5,10,14-16,31H,1-2,4,6-9H2/t10-,14+,15-,16-/m0/s1. The van der Waals surface area contributed by atoms with Crippen LogP contribution in [0, 0.1) is 11.3 Å². The zero-order valence-electron chi connectivity index (χ0n) is 18.2. The van der Waals surface area contributed by atoms with Gasteiger partial charge in [-0.05, 0) is 24.8 Å². The van der Waals surface area contributed by atoms with Crippen molar-refractivity contribution in [3.05, 3.63) is 22.7 Å². The van der Waals surface area contributed by atoms with E-state index in [0.717, 1.165) is 17.4 Å². The van der Waals surface area contributed by atoms with E-state index < -0.39 is 36.6 Å². The van der Waals surface area contributed by atoms with Crippen LogP contribution in [-0.4, -0.2) is 66.4 Å². The maximum atomic E-state index is 13.8. The smallest absolute Gasteiger partial charge is 0.369 e. The van der Waals surface area contributed by atoms with Crippen LogP contribution < -0.4 is 10.2 Å². The summed E-state index contributed by atoms with van der Waals surface area (Å²) in [5, 5.41) is 3.13. The highest BCUT2D eigenvalue weighted by atomic mass is 32.1. The second-order valence-electron chi connectivity index (χ2n) is 10.3. The number of carbonyl (C=O) groups is 1. The number of carbonyl (C=O) groups excluding carboxylic acids is 1. The summed E-state index contributed by atoms with van der Waals surface area (Å²) in [6.45, 7) is 1.32. The van der Waals surface area contributed by atoms with Crippen molar-refractivity contribution in [1.29, 1.82) is 0 Å². The molecule has 6 rings (SSSR count). The monoisotopic (exact) mass is 522 g/mol. The molecule has 5 nitrogen and oxygen atoms in total. The highest BCUT2D eigenvalue weighted by Gasteiger charge is 2.57. The first-order valence-corrected chi connectivity index (χ1v) is 12.1. The molecule has 0 unspecified atom stereocenters. The number of pyridine rings is 1. The Kier molecular flexibility index (Phi) is 4.94. The minimum Gasteiger partial charge on any atom is -0.369 e. The molecule has 2 bridgehead atoms. The summed E-state index contributed by atoms with van der Waals surface area (Å²) < 4.78 is 93.6. The Morgan fingerprint density at radius 1 is 1.14 bits per heavy atom. The molecule has 4 aliphatic rings. The van der Waals surface area contributed by atoms with Crippen molar-refractivity contribution in [3.63, 3.8) is 0 Å². The minimum atomic E-state index is -4.71. The third-order valence-corrected chi connectivity index (χ3v) is 8.69. The Hall–Kier alpha value is -2.15. The topological polar surface area (TPSA) is 48.5 Å². The number of anilines is 1. The summed E-state index contributed by atoms with van der Waals surface area (Å²) in [4.78, 5) is 19.9. The number of hydrogen-bond acceptors (Lipinski definition) is 5. The van der Waals surface area contributed by atoms with Crippen LogP contribution in [0.1, 0.15) is 23.3 Å². The number of amides is 1. The van der Waals surface area contributed by atoms with Crippen LogP contribution in [0.4, 0.5) is 36.4 Å². The molecule has 0 radical (unpaired) electrons. The van der Waals surface area contributed by atoms with Crippen molar-refractivity contribution >= 4 is 33.1 Å². The van der Waals surface area contributed by atoms with Gasteiger partial charge < -0.3 is 9.80 Å². The highest BCUT2D eigenvalue weighted by Crippen LogP contribution is 2.49. The maximum absolute atomic E-state index is 13.8. The summed E-state index contributed by atoms with van der Waals surface area (Å²) in [5.74, 6) is -0.119. The predicted octanol–water partition coefficient (Wildman–Crippen LogP) is 4.16. The number of aromatic nitrogens is 1. The number of halogens is 7. The number of piperidine rings is 1. The van der Waals surface area contributed by atoms with Crippen molar-refractivity contribution in [1.82, 2.24) is 15.2 Å². The first kappa shape index (κ1) is 23.3. The molecule has 13 heteroatoms. The van der Waals surface area contributed by atoms with E-state index in [1.165, 1.54) is 4.90 Å². The van der Waals surface area contributed by atoms with Crippen LogP contribution >= 0.6 is 11.3 Å². The molecule has 1 N–H and O–H groups in total. The SMILES string of the molecule is O=C([C@H]1N[C@H]2C[C@@H]1C[C@H]2F)N1CC2(C1)CN(c1c(C(F)(F)F)cnc3sc(CC(F)(F)F)cc13)C2. The summed E-state index contributed by atoms with van der Waals surface area (Å²) in [6, 6.07) is 0.465. The van der Waals surface area contributed by atoms with Crippen molar-refractivity contribution in [3.8, 4) is 0 Å². The lowest BCUT2D eigenvalue weighted by atomic mass is 9.72. The Bertz CT molecular complexity index is 1180. The van der Waals surface area contributed by atoms with Gasteiger partial charge in [0.25, 0.3) is 0 Å². The molecule has 1 aliphatic carbocycles. The fourth-order valence-electron chi connectivity index (χ4n) is 6.20. The lowest BCUT2D eigenvalue weighted by Gasteiger charge is -2.61. The predicted molar refractivity (Wildman–Crippen MR) is 114 cm³/mol. The summed E-state index contributed by atoms with van der Waals surface area (Å²) >= 11 is 0.742. The molecule has 1 spiro atoms. The number of fused-ring (bicyclic) bond motifs is 3. The maximum Gasteiger partial charge on any atom is 0.419 e. The van der Waals surface area contributed by atoms with Gasteiger partial charge in [0, 0.05) is 54.1 Å². The average Bonchev–Trinajstić information content (AvgIpc) is 3.36. The van der Waals surface area contributed by atoms with Gasteiger partial charge in [0.2, 0.25) is 5.91 Å². The zero-order valence-corrected chi connectivity index (χ0v) is 19.0. The van der Waals surface area contributed by atoms with Crippen LogP contribution in [0.3, 0.4) is 0 Å². The molecule has 3 saturated heterocycles. The number of alkyl halides is 7.